The van der Waals surface area contributed by atoms with Crippen LogP contribution in [0, 0.1) is 5.92 Å². The van der Waals surface area contributed by atoms with Crippen LogP contribution in [0.25, 0.3) is 0 Å². The van der Waals surface area contributed by atoms with Gasteiger partial charge in [0.2, 0.25) is 10.0 Å². The molecule has 1 aliphatic heterocycles. The van der Waals surface area contributed by atoms with E-state index < -0.39 is 10.0 Å². The Morgan fingerprint density at radius 3 is 2.68 bits per heavy atom. The zero-order valence-electron chi connectivity index (χ0n) is 11.1. The molecule has 0 atom stereocenters. The molecular weight excluding hydrogens is 264 g/mol. The van der Waals surface area contributed by atoms with Crippen LogP contribution in [0.4, 0.5) is 5.69 Å². The molecule has 0 bridgehead atoms. The Hall–Kier alpha value is -1.56. The number of benzene rings is 1. The first-order valence-corrected chi connectivity index (χ1v) is 7.87. The first-order valence-electron chi connectivity index (χ1n) is 6.26. The van der Waals surface area contributed by atoms with Gasteiger partial charge in [-0.3, -0.25) is 4.31 Å². The maximum atomic E-state index is 12.4. The van der Waals surface area contributed by atoms with Crippen molar-refractivity contribution in [2.75, 3.05) is 16.6 Å². The zero-order valence-corrected chi connectivity index (χ0v) is 11.9. The summed E-state index contributed by atoms with van der Waals surface area (Å²) in [7, 11) is -3.33. The first kappa shape index (κ1) is 13.9. The average Bonchev–Trinajstić information content (AvgIpc) is 2.35. The molecule has 1 N–H and O–H groups in total. The van der Waals surface area contributed by atoms with Crippen LogP contribution in [0.5, 0.6) is 0 Å². The van der Waals surface area contributed by atoms with E-state index in [-0.39, 0.29) is 11.7 Å². The van der Waals surface area contributed by atoms with Gasteiger partial charge in [0.1, 0.15) is 0 Å². The van der Waals surface area contributed by atoms with Crippen LogP contribution in [-0.2, 0) is 10.0 Å². The lowest BCUT2D eigenvalue weighted by Crippen LogP contribution is -2.39. The van der Waals surface area contributed by atoms with Gasteiger partial charge in [-0.15, -0.1) is 0 Å². The third-order valence-electron chi connectivity index (χ3n) is 3.04. The minimum Gasteiger partial charge on any atom is -0.411 e. The lowest BCUT2D eigenvalue weighted by atomic mass is 10.0. The second kappa shape index (κ2) is 5.21. The summed E-state index contributed by atoms with van der Waals surface area (Å²) >= 11 is 0. The van der Waals surface area contributed by atoms with Gasteiger partial charge in [-0.2, -0.15) is 0 Å². The molecule has 0 aliphatic carbocycles. The minimum absolute atomic E-state index is 0.0741. The maximum Gasteiger partial charge on any atom is 0.235 e. The summed E-state index contributed by atoms with van der Waals surface area (Å²) in [4.78, 5) is 0. The number of nitrogens with zero attached hydrogens (tertiary/aromatic N) is 2. The van der Waals surface area contributed by atoms with E-state index in [0.29, 0.717) is 29.9 Å². The van der Waals surface area contributed by atoms with Crippen molar-refractivity contribution in [1.29, 1.82) is 0 Å². The van der Waals surface area contributed by atoms with Crippen molar-refractivity contribution in [2.24, 2.45) is 11.1 Å². The van der Waals surface area contributed by atoms with Crippen LogP contribution < -0.4 is 4.31 Å². The molecule has 5 nitrogen and oxygen atoms in total. The van der Waals surface area contributed by atoms with Crippen LogP contribution in [0.1, 0.15) is 25.8 Å². The van der Waals surface area contributed by atoms with Crippen LogP contribution in [0.3, 0.4) is 0 Å². The highest BCUT2D eigenvalue weighted by Crippen LogP contribution is 2.30. The molecule has 19 heavy (non-hydrogen) atoms. The molecule has 0 fully saturated rings. The molecule has 0 saturated heterocycles. The predicted octanol–water partition coefficient (Wildman–Crippen LogP) is 2.06. The zero-order chi connectivity index (χ0) is 14.0. The molecule has 1 aromatic rings. The van der Waals surface area contributed by atoms with Crippen molar-refractivity contribution in [3.05, 3.63) is 29.8 Å². The molecule has 1 heterocycles. The third kappa shape index (κ3) is 2.73. The highest BCUT2D eigenvalue weighted by Gasteiger charge is 2.30. The van der Waals surface area contributed by atoms with Gasteiger partial charge in [-0.1, -0.05) is 37.2 Å². The van der Waals surface area contributed by atoms with Crippen molar-refractivity contribution >= 4 is 21.4 Å². The number of rotatable bonds is 3. The quantitative estimate of drug-likeness (QED) is 0.681. The molecule has 0 spiro atoms. The Bertz CT molecular complexity index is 594. The maximum absolute atomic E-state index is 12.4. The first-order chi connectivity index (χ1) is 8.95. The van der Waals surface area contributed by atoms with Crippen LogP contribution in [0.15, 0.2) is 29.4 Å². The van der Waals surface area contributed by atoms with E-state index in [1.165, 1.54) is 4.31 Å². The molecule has 0 radical (unpaired) electrons. The second-order valence-electron chi connectivity index (χ2n) is 5.06. The van der Waals surface area contributed by atoms with E-state index in [4.69, 9.17) is 5.21 Å². The normalized spacial score (nSPS) is 17.8. The molecule has 0 aromatic heterocycles. The number of sulfonamides is 1. The molecule has 6 heteroatoms. The largest absolute Gasteiger partial charge is 0.411 e. The summed E-state index contributed by atoms with van der Waals surface area (Å²) in [6.07, 6.45) is 0.421. The number of fused-ring (bicyclic) bond motifs is 1. The van der Waals surface area contributed by atoms with E-state index in [1.807, 2.05) is 19.9 Å². The van der Waals surface area contributed by atoms with E-state index in [9.17, 15) is 8.42 Å². The Labute approximate surface area is 113 Å². The average molecular weight is 282 g/mol. The fourth-order valence-electron chi connectivity index (χ4n) is 2.30. The molecule has 104 valence electrons. The summed E-state index contributed by atoms with van der Waals surface area (Å²) in [6, 6.07) is 7.12. The fraction of sp³-hybridized carbons (Fsp3) is 0.462. The summed E-state index contributed by atoms with van der Waals surface area (Å²) in [5.41, 5.74) is 1.82. The van der Waals surface area contributed by atoms with E-state index in [2.05, 4.69) is 5.16 Å². The molecule has 2 rings (SSSR count). The SMILES string of the molecule is CC(C)CS(=O)(=O)N1CCC(=NO)c2ccccc21. The Morgan fingerprint density at radius 1 is 1.37 bits per heavy atom. The van der Waals surface area contributed by atoms with Crippen molar-refractivity contribution in [3.63, 3.8) is 0 Å². The van der Waals surface area contributed by atoms with Gasteiger partial charge in [-0.05, 0) is 12.0 Å². The third-order valence-corrected chi connectivity index (χ3v) is 5.17. The van der Waals surface area contributed by atoms with Gasteiger partial charge in [0.25, 0.3) is 0 Å². The Kier molecular flexibility index (Phi) is 3.80. The Morgan fingerprint density at radius 2 is 2.05 bits per heavy atom. The van der Waals surface area contributed by atoms with Gasteiger partial charge >= 0.3 is 0 Å². The van der Waals surface area contributed by atoms with Crippen molar-refractivity contribution in [1.82, 2.24) is 0 Å². The second-order valence-corrected chi connectivity index (χ2v) is 7.00. The number of anilines is 1. The number of para-hydroxylation sites is 1. The number of oxime groups is 1. The standard InChI is InChI=1S/C13H18N2O3S/c1-10(2)9-19(17,18)15-8-7-12(14-16)11-5-3-4-6-13(11)15/h3-6,10,16H,7-9H2,1-2H3. The van der Waals surface area contributed by atoms with Gasteiger partial charge in [0, 0.05) is 18.5 Å². The fourth-order valence-corrected chi connectivity index (χ4v) is 4.15. The van der Waals surface area contributed by atoms with Crippen molar-refractivity contribution in [3.8, 4) is 0 Å². The summed E-state index contributed by atoms with van der Waals surface area (Å²) in [5, 5.41) is 12.3. The molecule has 0 unspecified atom stereocenters. The van der Waals surface area contributed by atoms with Gasteiger partial charge < -0.3 is 5.21 Å². The van der Waals surface area contributed by atoms with Gasteiger partial charge in [0.05, 0.1) is 17.2 Å². The monoisotopic (exact) mass is 282 g/mol. The predicted molar refractivity (Wildman–Crippen MR) is 75.4 cm³/mol. The van der Waals surface area contributed by atoms with Crippen molar-refractivity contribution < 1.29 is 13.6 Å². The highest BCUT2D eigenvalue weighted by molar-refractivity contribution is 7.92. The van der Waals surface area contributed by atoms with Crippen LogP contribution in [0.2, 0.25) is 0 Å². The topological polar surface area (TPSA) is 70.0 Å². The Balaban J connectivity index is 2.46. The van der Waals surface area contributed by atoms with E-state index in [0.717, 1.165) is 0 Å². The molecule has 1 aromatic carbocycles. The van der Waals surface area contributed by atoms with Crippen molar-refractivity contribution in [2.45, 2.75) is 20.3 Å². The minimum atomic E-state index is -3.33. The smallest absolute Gasteiger partial charge is 0.235 e. The van der Waals surface area contributed by atoms with Crippen LogP contribution in [-0.4, -0.2) is 31.6 Å². The van der Waals surface area contributed by atoms with Crippen LogP contribution >= 0.6 is 0 Å². The lowest BCUT2D eigenvalue weighted by Gasteiger charge is -2.31. The van der Waals surface area contributed by atoms with E-state index in [1.54, 1.807) is 18.2 Å². The summed E-state index contributed by atoms with van der Waals surface area (Å²) in [6.45, 7) is 4.09. The van der Waals surface area contributed by atoms with E-state index >= 15 is 0 Å². The molecule has 1 aliphatic rings. The summed E-state index contributed by atoms with van der Waals surface area (Å²) < 4.78 is 26.2. The molecule has 0 amide bonds. The molecule has 0 saturated carbocycles. The lowest BCUT2D eigenvalue weighted by molar-refractivity contribution is 0.318. The molecular formula is C13H18N2O3S. The highest BCUT2D eigenvalue weighted by atomic mass is 32.2. The summed E-state index contributed by atoms with van der Waals surface area (Å²) in [5.74, 6) is 0.192. The van der Waals surface area contributed by atoms with Gasteiger partial charge in [0.15, 0.2) is 0 Å². The number of hydrogen-bond donors (Lipinski definition) is 1. The van der Waals surface area contributed by atoms with Gasteiger partial charge in [-0.25, -0.2) is 8.42 Å². The number of hydrogen-bond acceptors (Lipinski definition) is 4.